The summed E-state index contributed by atoms with van der Waals surface area (Å²) in [6.45, 7) is 5.22. The second-order valence-electron chi connectivity index (χ2n) is 3.75. The van der Waals surface area contributed by atoms with E-state index in [1.54, 1.807) is 18.3 Å². The fraction of sp³-hybridized carbons (Fsp3) is 0.538. The Hall–Kier alpha value is -1.58. The van der Waals surface area contributed by atoms with Crippen LogP contribution < -0.4 is 10.1 Å². The molecule has 1 amide bonds. The second-order valence-corrected chi connectivity index (χ2v) is 3.75. The van der Waals surface area contributed by atoms with E-state index in [4.69, 9.17) is 4.74 Å². The van der Waals surface area contributed by atoms with E-state index >= 15 is 0 Å². The maximum Gasteiger partial charge on any atom is 0.256 e. The number of hydrogen-bond acceptors (Lipinski definition) is 3. The predicted octanol–water partition coefficient (Wildman–Crippen LogP) is 2.40. The summed E-state index contributed by atoms with van der Waals surface area (Å²) in [5.41, 5.74) is 0.505. The summed E-state index contributed by atoms with van der Waals surface area (Å²) < 4.78 is 5.31. The molecule has 0 radical (unpaired) electrons. The van der Waals surface area contributed by atoms with Gasteiger partial charge in [-0.15, -0.1) is 0 Å². The first-order chi connectivity index (χ1) is 8.29. The van der Waals surface area contributed by atoms with Crippen LogP contribution in [0.1, 0.15) is 43.5 Å². The van der Waals surface area contributed by atoms with Crippen molar-refractivity contribution in [2.24, 2.45) is 0 Å². The van der Waals surface area contributed by atoms with E-state index in [9.17, 15) is 4.79 Å². The second kappa shape index (κ2) is 7.65. The van der Waals surface area contributed by atoms with Crippen LogP contribution in [0.4, 0.5) is 0 Å². The SMILES string of the molecule is CCCCCNC(=O)c1cccnc1OCC. The van der Waals surface area contributed by atoms with Crippen LogP contribution in [0, 0.1) is 0 Å². The number of hydrogen-bond donors (Lipinski definition) is 1. The number of amides is 1. The molecule has 4 nitrogen and oxygen atoms in total. The molecule has 1 heterocycles. The highest BCUT2D eigenvalue weighted by atomic mass is 16.5. The number of nitrogens with one attached hydrogen (secondary N) is 1. The summed E-state index contributed by atoms with van der Waals surface area (Å²) in [6.07, 6.45) is 4.91. The zero-order valence-corrected chi connectivity index (χ0v) is 10.5. The topological polar surface area (TPSA) is 51.2 Å². The first kappa shape index (κ1) is 13.5. The number of aromatic nitrogens is 1. The maximum atomic E-state index is 11.9. The van der Waals surface area contributed by atoms with Gasteiger partial charge in [-0.1, -0.05) is 19.8 Å². The number of ether oxygens (including phenoxy) is 1. The number of rotatable bonds is 7. The van der Waals surface area contributed by atoms with E-state index in [1.165, 1.54) is 0 Å². The highest BCUT2D eigenvalue weighted by Crippen LogP contribution is 2.13. The van der Waals surface area contributed by atoms with Gasteiger partial charge in [-0.3, -0.25) is 4.79 Å². The van der Waals surface area contributed by atoms with Crippen molar-refractivity contribution >= 4 is 5.91 Å². The van der Waals surface area contributed by atoms with Crippen molar-refractivity contribution in [3.05, 3.63) is 23.9 Å². The monoisotopic (exact) mass is 236 g/mol. The molecule has 4 heteroatoms. The van der Waals surface area contributed by atoms with Crippen LogP contribution in [0.25, 0.3) is 0 Å². The molecule has 94 valence electrons. The Bertz CT molecular complexity index is 353. The van der Waals surface area contributed by atoms with E-state index in [2.05, 4.69) is 17.2 Å². The summed E-state index contributed by atoms with van der Waals surface area (Å²) in [5.74, 6) is 0.292. The molecule has 1 aromatic heterocycles. The normalized spacial score (nSPS) is 10.0. The summed E-state index contributed by atoms with van der Waals surface area (Å²) in [5, 5.41) is 2.87. The van der Waals surface area contributed by atoms with Crippen molar-refractivity contribution in [3.8, 4) is 5.88 Å². The molecule has 1 aromatic rings. The molecule has 17 heavy (non-hydrogen) atoms. The molecule has 0 fully saturated rings. The number of nitrogens with zero attached hydrogens (tertiary/aromatic N) is 1. The van der Waals surface area contributed by atoms with E-state index < -0.39 is 0 Å². The zero-order valence-electron chi connectivity index (χ0n) is 10.5. The van der Waals surface area contributed by atoms with Crippen LogP contribution in [0.2, 0.25) is 0 Å². The van der Waals surface area contributed by atoms with Crippen LogP contribution in [0.15, 0.2) is 18.3 Å². The van der Waals surface area contributed by atoms with Gasteiger partial charge in [-0.05, 0) is 25.5 Å². The van der Waals surface area contributed by atoms with Crippen molar-refractivity contribution in [2.75, 3.05) is 13.2 Å². The van der Waals surface area contributed by atoms with Crippen LogP contribution >= 0.6 is 0 Å². The molecule has 0 spiro atoms. The Morgan fingerprint density at radius 3 is 2.94 bits per heavy atom. The number of carbonyl (C=O) groups excluding carboxylic acids is 1. The largest absolute Gasteiger partial charge is 0.477 e. The minimum absolute atomic E-state index is 0.113. The van der Waals surface area contributed by atoms with Gasteiger partial charge in [0.05, 0.1) is 6.61 Å². The third-order valence-electron chi connectivity index (χ3n) is 2.36. The van der Waals surface area contributed by atoms with E-state index in [1.807, 2.05) is 6.92 Å². The highest BCUT2D eigenvalue weighted by molar-refractivity contribution is 5.96. The molecular formula is C13H20N2O2. The summed E-state index contributed by atoms with van der Waals surface area (Å²) in [6, 6.07) is 3.47. The van der Waals surface area contributed by atoms with Crippen LogP contribution in [-0.4, -0.2) is 24.0 Å². The third kappa shape index (κ3) is 4.43. The average molecular weight is 236 g/mol. The Morgan fingerprint density at radius 2 is 2.24 bits per heavy atom. The molecule has 1 rings (SSSR count). The minimum atomic E-state index is -0.113. The molecule has 0 saturated heterocycles. The smallest absolute Gasteiger partial charge is 0.256 e. The van der Waals surface area contributed by atoms with Gasteiger partial charge in [0.2, 0.25) is 5.88 Å². The van der Waals surface area contributed by atoms with Crippen molar-refractivity contribution in [2.45, 2.75) is 33.1 Å². The Morgan fingerprint density at radius 1 is 1.41 bits per heavy atom. The fourth-order valence-corrected chi connectivity index (χ4v) is 1.49. The first-order valence-electron chi connectivity index (χ1n) is 6.15. The van der Waals surface area contributed by atoms with Gasteiger partial charge >= 0.3 is 0 Å². The van der Waals surface area contributed by atoms with Crippen molar-refractivity contribution in [1.82, 2.24) is 10.3 Å². The van der Waals surface area contributed by atoms with Crippen molar-refractivity contribution in [1.29, 1.82) is 0 Å². The van der Waals surface area contributed by atoms with Gasteiger partial charge in [-0.2, -0.15) is 0 Å². The molecule has 0 saturated carbocycles. The molecule has 0 aliphatic heterocycles. The lowest BCUT2D eigenvalue weighted by molar-refractivity contribution is 0.0948. The molecule has 0 bridgehead atoms. The van der Waals surface area contributed by atoms with Gasteiger partial charge in [0, 0.05) is 12.7 Å². The van der Waals surface area contributed by atoms with Crippen molar-refractivity contribution < 1.29 is 9.53 Å². The van der Waals surface area contributed by atoms with Crippen molar-refractivity contribution in [3.63, 3.8) is 0 Å². The highest BCUT2D eigenvalue weighted by Gasteiger charge is 2.12. The average Bonchev–Trinajstić information content (AvgIpc) is 2.35. The van der Waals surface area contributed by atoms with Gasteiger partial charge in [-0.25, -0.2) is 4.98 Å². The lowest BCUT2D eigenvalue weighted by atomic mass is 10.2. The van der Waals surface area contributed by atoms with Gasteiger partial charge < -0.3 is 10.1 Å². The summed E-state index contributed by atoms with van der Waals surface area (Å²) in [7, 11) is 0. The molecule has 0 aliphatic rings. The Kier molecular flexibility index (Phi) is 6.07. The molecule has 0 aliphatic carbocycles. The van der Waals surface area contributed by atoms with E-state index in [0.29, 0.717) is 24.6 Å². The van der Waals surface area contributed by atoms with Crippen LogP contribution in [-0.2, 0) is 0 Å². The van der Waals surface area contributed by atoms with Gasteiger partial charge in [0.15, 0.2) is 0 Å². The number of pyridine rings is 1. The number of unbranched alkanes of at least 4 members (excludes halogenated alkanes) is 2. The lowest BCUT2D eigenvalue weighted by Gasteiger charge is -2.08. The molecular weight excluding hydrogens is 216 g/mol. The predicted molar refractivity (Wildman–Crippen MR) is 67.3 cm³/mol. The van der Waals surface area contributed by atoms with Crippen LogP contribution in [0.5, 0.6) is 5.88 Å². The Labute approximate surface area is 102 Å². The third-order valence-corrected chi connectivity index (χ3v) is 2.36. The maximum absolute atomic E-state index is 11.9. The standard InChI is InChI=1S/C13H20N2O2/c1-3-5-6-9-14-12(16)11-8-7-10-15-13(11)17-4-2/h7-8,10H,3-6,9H2,1-2H3,(H,14,16). The lowest BCUT2D eigenvalue weighted by Crippen LogP contribution is -2.25. The fourth-order valence-electron chi connectivity index (χ4n) is 1.49. The van der Waals surface area contributed by atoms with E-state index in [0.717, 1.165) is 19.3 Å². The molecule has 0 aromatic carbocycles. The molecule has 1 N–H and O–H groups in total. The van der Waals surface area contributed by atoms with Gasteiger partial charge in [0.1, 0.15) is 5.56 Å². The van der Waals surface area contributed by atoms with Crippen LogP contribution in [0.3, 0.4) is 0 Å². The molecule has 0 unspecified atom stereocenters. The first-order valence-corrected chi connectivity index (χ1v) is 6.15. The number of carbonyl (C=O) groups is 1. The molecule has 0 atom stereocenters. The quantitative estimate of drug-likeness (QED) is 0.740. The Balaban J connectivity index is 2.55. The summed E-state index contributed by atoms with van der Waals surface area (Å²) >= 11 is 0. The van der Waals surface area contributed by atoms with Gasteiger partial charge in [0.25, 0.3) is 5.91 Å². The summed E-state index contributed by atoms with van der Waals surface area (Å²) in [4.78, 5) is 15.9. The minimum Gasteiger partial charge on any atom is -0.477 e. The van der Waals surface area contributed by atoms with E-state index in [-0.39, 0.29) is 5.91 Å². The zero-order chi connectivity index (χ0) is 12.5.